The Balaban J connectivity index is 1.41. The zero-order valence-corrected chi connectivity index (χ0v) is 12.7. The zero-order valence-electron chi connectivity index (χ0n) is 11.8. The Morgan fingerprint density at radius 1 is 1.00 bits per heavy atom. The molecule has 0 unspecified atom stereocenters. The molecular weight excluding hydrogens is 284 g/mol. The van der Waals surface area contributed by atoms with E-state index < -0.39 is 10.1 Å². The van der Waals surface area contributed by atoms with Crippen LogP contribution in [0.2, 0.25) is 0 Å². The van der Waals surface area contributed by atoms with E-state index in [1.165, 1.54) is 0 Å². The summed E-state index contributed by atoms with van der Waals surface area (Å²) in [5.74, 6) is 3.95. The van der Waals surface area contributed by atoms with Crippen molar-refractivity contribution in [1.82, 2.24) is 0 Å². The summed E-state index contributed by atoms with van der Waals surface area (Å²) in [5, 5.41) is 0. The minimum absolute atomic E-state index is 0.109. The summed E-state index contributed by atoms with van der Waals surface area (Å²) < 4.78 is 30.6. The highest BCUT2D eigenvalue weighted by molar-refractivity contribution is 7.86. The fraction of sp³-hybridized carbons (Fsp3) is 0.529. The molecule has 4 heteroatoms. The van der Waals surface area contributed by atoms with Gasteiger partial charge in [0.25, 0.3) is 10.1 Å². The molecule has 1 aromatic rings. The SMILES string of the molecule is Cc1ccc(S(=O)(=O)O[C@@H]2C[C@@H]3[C@@H]4C=C[C@H]5[C@H]4[C@@H]3[C@@H]52)cc1. The van der Waals surface area contributed by atoms with Crippen LogP contribution >= 0.6 is 0 Å². The van der Waals surface area contributed by atoms with Crippen LogP contribution in [0.1, 0.15) is 12.0 Å². The van der Waals surface area contributed by atoms with Crippen molar-refractivity contribution >= 4 is 10.1 Å². The Morgan fingerprint density at radius 3 is 2.48 bits per heavy atom. The molecule has 21 heavy (non-hydrogen) atoms. The van der Waals surface area contributed by atoms with E-state index >= 15 is 0 Å². The Bertz CT molecular complexity index is 734. The summed E-state index contributed by atoms with van der Waals surface area (Å²) in [6, 6.07) is 6.92. The van der Waals surface area contributed by atoms with E-state index in [1.54, 1.807) is 12.1 Å². The molecule has 7 atom stereocenters. The molecule has 0 N–H and O–H groups in total. The Hall–Kier alpha value is -1.13. The normalized spacial score (nSPS) is 45.1. The predicted molar refractivity (Wildman–Crippen MR) is 77.9 cm³/mol. The number of benzene rings is 1. The maximum atomic E-state index is 12.5. The van der Waals surface area contributed by atoms with Gasteiger partial charge in [-0.25, -0.2) is 0 Å². The molecule has 0 bridgehead atoms. The maximum absolute atomic E-state index is 12.5. The second-order valence-corrected chi connectivity index (χ2v) is 8.65. The molecule has 3 saturated carbocycles. The van der Waals surface area contributed by atoms with Crippen LogP contribution in [-0.2, 0) is 14.3 Å². The molecule has 3 fully saturated rings. The lowest BCUT2D eigenvalue weighted by atomic mass is 9.44. The molecule has 0 amide bonds. The van der Waals surface area contributed by atoms with Gasteiger partial charge in [-0.3, -0.25) is 4.18 Å². The van der Waals surface area contributed by atoms with E-state index in [2.05, 4.69) is 12.2 Å². The number of allylic oxidation sites excluding steroid dienone is 2. The Morgan fingerprint density at radius 2 is 1.71 bits per heavy atom. The zero-order chi connectivity index (χ0) is 14.4. The van der Waals surface area contributed by atoms with Gasteiger partial charge in [-0.15, -0.1) is 0 Å². The van der Waals surface area contributed by atoms with E-state index in [4.69, 9.17) is 4.18 Å². The number of rotatable bonds is 3. The average molecular weight is 302 g/mol. The Kier molecular flexibility index (Phi) is 2.24. The fourth-order valence-corrected chi connectivity index (χ4v) is 6.52. The van der Waals surface area contributed by atoms with Crippen LogP contribution < -0.4 is 0 Å². The largest absolute Gasteiger partial charge is 0.297 e. The van der Waals surface area contributed by atoms with Crippen molar-refractivity contribution in [3.8, 4) is 0 Å². The van der Waals surface area contributed by atoms with Gasteiger partial charge in [0.2, 0.25) is 0 Å². The van der Waals surface area contributed by atoms with Gasteiger partial charge >= 0.3 is 0 Å². The quantitative estimate of drug-likeness (QED) is 0.637. The highest BCUT2D eigenvalue weighted by Gasteiger charge is 2.73. The molecule has 0 aromatic heterocycles. The second-order valence-electron chi connectivity index (χ2n) is 7.07. The lowest BCUT2D eigenvalue weighted by Gasteiger charge is -2.59. The molecule has 4 aliphatic carbocycles. The van der Waals surface area contributed by atoms with Crippen LogP contribution in [0, 0.1) is 42.4 Å². The van der Waals surface area contributed by atoms with Gasteiger partial charge in [-0.1, -0.05) is 29.8 Å². The number of fused-ring (bicyclic) bond motifs is 2. The van der Waals surface area contributed by atoms with Gasteiger partial charge in [0.05, 0.1) is 11.0 Å². The third-order valence-corrected chi connectivity index (χ3v) is 7.61. The fourth-order valence-electron chi connectivity index (χ4n) is 5.41. The Labute approximate surface area is 125 Å². The lowest BCUT2D eigenvalue weighted by molar-refractivity contribution is -0.125. The highest BCUT2D eigenvalue weighted by Crippen LogP contribution is 2.75. The first kappa shape index (κ1) is 12.4. The smallest absolute Gasteiger partial charge is 0.263 e. The van der Waals surface area contributed by atoms with Crippen molar-refractivity contribution in [2.75, 3.05) is 0 Å². The van der Waals surface area contributed by atoms with Crippen LogP contribution in [-0.4, -0.2) is 14.5 Å². The summed E-state index contributed by atoms with van der Waals surface area (Å²) in [7, 11) is -3.63. The van der Waals surface area contributed by atoms with Gasteiger partial charge in [-0.2, -0.15) is 8.42 Å². The van der Waals surface area contributed by atoms with E-state index in [-0.39, 0.29) is 11.0 Å². The van der Waals surface area contributed by atoms with Crippen LogP contribution in [0.15, 0.2) is 41.3 Å². The van der Waals surface area contributed by atoms with Crippen LogP contribution in [0.4, 0.5) is 0 Å². The molecule has 0 aliphatic heterocycles. The predicted octanol–water partition coefficient (Wildman–Crippen LogP) is 2.77. The molecule has 5 rings (SSSR count). The second kappa shape index (κ2) is 3.79. The molecule has 0 heterocycles. The third kappa shape index (κ3) is 1.45. The molecule has 0 saturated heterocycles. The van der Waals surface area contributed by atoms with Gasteiger partial charge < -0.3 is 0 Å². The van der Waals surface area contributed by atoms with E-state index in [1.807, 2.05) is 19.1 Å². The number of hydrogen-bond acceptors (Lipinski definition) is 3. The highest BCUT2D eigenvalue weighted by atomic mass is 32.2. The van der Waals surface area contributed by atoms with Crippen molar-refractivity contribution in [3.05, 3.63) is 42.0 Å². The monoisotopic (exact) mass is 302 g/mol. The van der Waals surface area contributed by atoms with Gasteiger partial charge in [0, 0.05) is 0 Å². The van der Waals surface area contributed by atoms with Crippen molar-refractivity contribution in [3.63, 3.8) is 0 Å². The number of hydrogen-bond donors (Lipinski definition) is 0. The van der Waals surface area contributed by atoms with Gasteiger partial charge in [0.15, 0.2) is 0 Å². The van der Waals surface area contributed by atoms with E-state index in [0.717, 1.165) is 23.8 Å². The molecule has 0 spiro atoms. The van der Waals surface area contributed by atoms with Gasteiger partial charge in [-0.05, 0) is 61.0 Å². The summed E-state index contributed by atoms with van der Waals surface area (Å²) >= 11 is 0. The van der Waals surface area contributed by atoms with Crippen molar-refractivity contribution < 1.29 is 12.6 Å². The standard InChI is InChI=1S/C17H18O3S/c1-9-2-4-10(5-3-9)21(18,19)20-14-8-13-11-6-7-12-15(11)17(13)16(12)14/h2-7,11-17H,8H2,1H3/t11-,12-,13+,14+,15-,16-,17+/m0/s1. The first-order valence-electron chi connectivity index (χ1n) is 7.74. The van der Waals surface area contributed by atoms with Crippen LogP contribution in [0.5, 0.6) is 0 Å². The average Bonchev–Trinajstić information content (AvgIpc) is 2.67. The minimum Gasteiger partial charge on any atom is -0.263 e. The van der Waals surface area contributed by atoms with Crippen LogP contribution in [0.3, 0.4) is 0 Å². The van der Waals surface area contributed by atoms with Gasteiger partial charge in [0.1, 0.15) is 0 Å². The molecule has 1 aromatic carbocycles. The molecule has 0 radical (unpaired) electrons. The molecule has 110 valence electrons. The summed E-state index contributed by atoms with van der Waals surface area (Å²) in [6.07, 6.45) is 5.48. The molecular formula is C17H18O3S. The van der Waals surface area contributed by atoms with Crippen molar-refractivity contribution in [2.24, 2.45) is 35.5 Å². The first-order chi connectivity index (χ1) is 10.1. The summed E-state index contributed by atoms with van der Waals surface area (Å²) in [4.78, 5) is 0.281. The van der Waals surface area contributed by atoms with Crippen LogP contribution in [0.25, 0.3) is 0 Å². The molecule has 3 nitrogen and oxygen atoms in total. The molecule has 4 aliphatic rings. The topological polar surface area (TPSA) is 43.4 Å². The maximum Gasteiger partial charge on any atom is 0.297 e. The first-order valence-corrected chi connectivity index (χ1v) is 9.15. The third-order valence-electron chi connectivity index (χ3n) is 6.26. The number of aryl methyl sites for hydroxylation is 1. The minimum atomic E-state index is -3.63. The summed E-state index contributed by atoms with van der Waals surface area (Å²) in [6.45, 7) is 1.95. The van der Waals surface area contributed by atoms with E-state index in [0.29, 0.717) is 23.7 Å². The van der Waals surface area contributed by atoms with Crippen molar-refractivity contribution in [1.29, 1.82) is 0 Å². The van der Waals surface area contributed by atoms with E-state index in [9.17, 15) is 8.42 Å². The lowest BCUT2D eigenvalue weighted by Crippen LogP contribution is -2.58. The summed E-state index contributed by atoms with van der Waals surface area (Å²) in [5.41, 5.74) is 1.05. The van der Waals surface area contributed by atoms with Crippen molar-refractivity contribution in [2.45, 2.75) is 24.3 Å².